The van der Waals surface area contributed by atoms with Crippen LogP contribution in [-0.4, -0.2) is 13.6 Å². The van der Waals surface area contributed by atoms with Gasteiger partial charge in [0.15, 0.2) is 0 Å². The van der Waals surface area contributed by atoms with Crippen molar-refractivity contribution in [3.63, 3.8) is 0 Å². The summed E-state index contributed by atoms with van der Waals surface area (Å²) in [6, 6.07) is 7.10. The summed E-state index contributed by atoms with van der Waals surface area (Å²) < 4.78 is 0. The third kappa shape index (κ3) is 1.67. The van der Waals surface area contributed by atoms with Gasteiger partial charge in [-0.2, -0.15) is 0 Å². The first-order valence-electron chi connectivity index (χ1n) is 6.54. The van der Waals surface area contributed by atoms with Crippen LogP contribution in [0.25, 0.3) is 0 Å². The van der Waals surface area contributed by atoms with Crippen LogP contribution in [-0.2, 0) is 0 Å². The lowest BCUT2D eigenvalue weighted by Crippen LogP contribution is -2.15. The van der Waals surface area contributed by atoms with Gasteiger partial charge < -0.3 is 5.32 Å². The summed E-state index contributed by atoms with van der Waals surface area (Å²) in [4.78, 5) is 0. The molecule has 1 aromatic carbocycles. The fraction of sp³-hybridized carbons (Fsp3) is 0.600. The molecule has 2 aliphatic rings. The zero-order chi connectivity index (χ0) is 11.1. The van der Waals surface area contributed by atoms with E-state index in [-0.39, 0.29) is 0 Å². The highest BCUT2D eigenvalue weighted by Gasteiger charge is 2.39. The predicted molar refractivity (Wildman–Crippen MR) is 67.9 cm³/mol. The molecule has 1 aromatic rings. The van der Waals surface area contributed by atoms with Crippen molar-refractivity contribution >= 4 is 0 Å². The van der Waals surface area contributed by atoms with E-state index in [1.807, 2.05) is 0 Å². The summed E-state index contributed by atoms with van der Waals surface area (Å²) in [5.41, 5.74) is 4.70. The minimum Gasteiger partial charge on any atom is -0.319 e. The highest BCUT2D eigenvalue weighted by Crippen LogP contribution is 2.53. The summed E-state index contributed by atoms with van der Waals surface area (Å²) in [5.74, 6) is 2.63. The maximum Gasteiger partial charge on any atom is 0.00174 e. The van der Waals surface area contributed by atoms with E-state index in [4.69, 9.17) is 0 Å². The standard InChI is InChI=1S/C15H21N/c1-10-3-6-13-14(7-10)12(9-16-2)8-15(13)11-4-5-11/h3,6-7,11-12,15-16H,4-5,8-9H2,1-2H3. The number of fused-ring (bicyclic) bond motifs is 1. The average Bonchev–Trinajstić information content (AvgIpc) is 3.04. The number of benzene rings is 1. The van der Waals surface area contributed by atoms with E-state index < -0.39 is 0 Å². The minimum atomic E-state index is 0.755. The van der Waals surface area contributed by atoms with Crippen LogP contribution in [0, 0.1) is 12.8 Å². The molecule has 2 atom stereocenters. The third-order valence-corrected chi connectivity index (χ3v) is 4.26. The fourth-order valence-electron chi connectivity index (χ4n) is 3.33. The first kappa shape index (κ1) is 10.3. The smallest absolute Gasteiger partial charge is 0.00174 e. The Morgan fingerprint density at radius 3 is 2.75 bits per heavy atom. The van der Waals surface area contributed by atoms with Crippen molar-refractivity contribution in [1.29, 1.82) is 0 Å². The molecule has 16 heavy (non-hydrogen) atoms. The predicted octanol–water partition coefficient (Wildman–Crippen LogP) is 3.20. The Morgan fingerprint density at radius 2 is 2.06 bits per heavy atom. The van der Waals surface area contributed by atoms with Crippen molar-refractivity contribution in [2.24, 2.45) is 5.92 Å². The second-order valence-electron chi connectivity index (χ2n) is 5.57. The Labute approximate surface area is 98.3 Å². The monoisotopic (exact) mass is 215 g/mol. The van der Waals surface area contributed by atoms with E-state index in [0.717, 1.165) is 24.3 Å². The number of hydrogen-bond donors (Lipinski definition) is 1. The van der Waals surface area contributed by atoms with Gasteiger partial charge in [-0.05, 0) is 62.1 Å². The van der Waals surface area contributed by atoms with Crippen LogP contribution in [0.4, 0.5) is 0 Å². The maximum absolute atomic E-state index is 3.35. The highest BCUT2D eigenvalue weighted by atomic mass is 14.8. The Hall–Kier alpha value is -0.820. The van der Waals surface area contributed by atoms with Crippen molar-refractivity contribution in [2.45, 2.75) is 38.0 Å². The molecule has 86 valence electrons. The SMILES string of the molecule is CNCC1CC(C2CC2)c2ccc(C)cc21. The van der Waals surface area contributed by atoms with Gasteiger partial charge >= 0.3 is 0 Å². The number of hydrogen-bond acceptors (Lipinski definition) is 1. The summed E-state index contributed by atoms with van der Waals surface area (Å²) >= 11 is 0. The van der Waals surface area contributed by atoms with E-state index in [1.165, 1.54) is 24.8 Å². The van der Waals surface area contributed by atoms with Crippen LogP contribution in [0.15, 0.2) is 18.2 Å². The molecular weight excluding hydrogens is 194 g/mol. The molecule has 1 N–H and O–H groups in total. The van der Waals surface area contributed by atoms with Gasteiger partial charge in [0.05, 0.1) is 0 Å². The van der Waals surface area contributed by atoms with Crippen molar-refractivity contribution in [1.82, 2.24) is 5.32 Å². The van der Waals surface area contributed by atoms with Crippen molar-refractivity contribution in [2.75, 3.05) is 13.6 Å². The van der Waals surface area contributed by atoms with Gasteiger partial charge in [-0.25, -0.2) is 0 Å². The minimum absolute atomic E-state index is 0.755. The average molecular weight is 215 g/mol. The molecule has 1 heteroatoms. The van der Waals surface area contributed by atoms with Crippen LogP contribution in [0.2, 0.25) is 0 Å². The molecule has 0 saturated heterocycles. The quantitative estimate of drug-likeness (QED) is 0.816. The van der Waals surface area contributed by atoms with Crippen molar-refractivity contribution < 1.29 is 0 Å². The molecule has 0 aromatic heterocycles. The first-order chi connectivity index (χ1) is 7.79. The van der Waals surface area contributed by atoms with Gasteiger partial charge in [0, 0.05) is 6.54 Å². The topological polar surface area (TPSA) is 12.0 Å². The lowest BCUT2D eigenvalue weighted by molar-refractivity contribution is 0.525. The number of likely N-dealkylation sites (N-methyl/N-ethyl adjacent to an activating group) is 1. The van der Waals surface area contributed by atoms with Crippen LogP contribution in [0.5, 0.6) is 0 Å². The van der Waals surface area contributed by atoms with Gasteiger partial charge in [0.25, 0.3) is 0 Å². The number of aryl methyl sites for hydroxylation is 1. The van der Waals surface area contributed by atoms with E-state index in [1.54, 1.807) is 11.1 Å². The normalized spacial score (nSPS) is 28.1. The van der Waals surface area contributed by atoms with E-state index in [0.29, 0.717) is 0 Å². The molecule has 0 spiro atoms. The van der Waals surface area contributed by atoms with Gasteiger partial charge in [-0.1, -0.05) is 23.8 Å². The summed E-state index contributed by atoms with van der Waals surface area (Å²) in [6.07, 6.45) is 4.30. The molecular formula is C15H21N. The molecule has 0 amide bonds. The lowest BCUT2D eigenvalue weighted by Gasteiger charge is -2.11. The molecule has 0 radical (unpaired) electrons. The molecule has 1 saturated carbocycles. The van der Waals surface area contributed by atoms with Gasteiger partial charge in [0.1, 0.15) is 0 Å². The summed E-state index contributed by atoms with van der Waals surface area (Å²) in [6.45, 7) is 3.35. The zero-order valence-corrected chi connectivity index (χ0v) is 10.3. The summed E-state index contributed by atoms with van der Waals surface area (Å²) in [7, 11) is 2.07. The molecule has 2 aliphatic carbocycles. The van der Waals surface area contributed by atoms with Crippen LogP contribution in [0.1, 0.15) is 47.8 Å². The maximum atomic E-state index is 3.35. The van der Waals surface area contributed by atoms with E-state index in [2.05, 4.69) is 37.5 Å². The molecule has 1 fully saturated rings. The molecule has 2 unspecified atom stereocenters. The van der Waals surface area contributed by atoms with Crippen LogP contribution < -0.4 is 5.32 Å². The molecule has 1 nitrogen and oxygen atoms in total. The Bertz CT molecular complexity index is 392. The fourth-order valence-corrected chi connectivity index (χ4v) is 3.33. The second-order valence-corrected chi connectivity index (χ2v) is 5.57. The van der Waals surface area contributed by atoms with Crippen molar-refractivity contribution in [3.8, 4) is 0 Å². The number of nitrogens with one attached hydrogen (secondary N) is 1. The second kappa shape index (κ2) is 3.89. The lowest BCUT2D eigenvalue weighted by atomic mass is 9.96. The van der Waals surface area contributed by atoms with Gasteiger partial charge in [-0.15, -0.1) is 0 Å². The Balaban J connectivity index is 1.95. The molecule has 3 rings (SSSR count). The van der Waals surface area contributed by atoms with Crippen LogP contribution >= 0.6 is 0 Å². The molecule has 0 aliphatic heterocycles. The Kier molecular flexibility index (Phi) is 2.51. The largest absolute Gasteiger partial charge is 0.319 e. The molecule has 0 heterocycles. The van der Waals surface area contributed by atoms with E-state index in [9.17, 15) is 0 Å². The van der Waals surface area contributed by atoms with E-state index >= 15 is 0 Å². The number of rotatable bonds is 3. The third-order valence-electron chi connectivity index (χ3n) is 4.26. The van der Waals surface area contributed by atoms with Gasteiger partial charge in [-0.3, -0.25) is 0 Å². The van der Waals surface area contributed by atoms with Crippen LogP contribution in [0.3, 0.4) is 0 Å². The molecule has 0 bridgehead atoms. The Morgan fingerprint density at radius 1 is 1.25 bits per heavy atom. The van der Waals surface area contributed by atoms with Gasteiger partial charge in [0.2, 0.25) is 0 Å². The summed E-state index contributed by atoms with van der Waals surface area (Å²) in [5, 5.41) is 3.35. The highest BCUT2D eigenvalue weighted by molar-refractivity contribution is 5.42. The van der Waals surface area contributed by atoms with Crippen molar-refractivity contribution in [3.05, 3.63) is 34.9 Å². The first-order valence-corrected chi connectivity index (χ1v) is 6.54. The zero-order valence-electron chi connectivity index (χ0n) is 10.3.